The molecule has 0 aliphatic carbocycles. The Labute approximate surface area is 151 Å². The molecule has 4 unspecified atom stereocenters. The highest BCUT2D eigenvalue weighted by atomic mass is 16.4. The molecule has 0 rings (SSSR count). The first-order valence-corrected chi connectivity index (χ1v) is 8.14. The number of carboxylic acid groups (broad SMARTS) is 1. The van der Waals surface area contributed by atoms with Gasteiger partial charge in [0.05, 0.1) is 13.2 Å². The minimum Gasteiger partial charge on any atom is -0.480 e. The second-order valence-electron chi connectivity index (χ2n) is 6.29. The van der Waals surface area contributed by atoms with Crippen LogP contribution in [0, 0.1) is 5.92 Å². The van der Waals surface area contributed by atoms with E-state index in [0.717, 1.165) is 0 Å². The fraction of sp³-hybridized carbons (Fsp3) is 0.733. The minimum absolute atomic E-state index is 0.0336. The van der Waals surface area contributed by atoms with E-state index < -0.39 is 61.1 Å². The molecule has 0 aromatic carbocycles. The average molecular weight is 376 g/mol. The number of aliphatic carboxylic acids is 1. The zero-order valence-electron chi connectivity index (χ0n) is 15.1. The van der Waals surface area contributed by atoms with Crippen LogP contribution in [0.15, 0.2) is 0 Å². The molecule has 0 heterocycles. The molecule has 150 valence electrons. The van der Waals surface area contributed by atoms with E-state index in [2.05, 4.69) is 16.0 Å². The number of carbonyl (C=O) groups excluding carboxylic acids is 3. The third-order valence-corrected chi connectivity index (χ3v) is 3.42. The van der Waals surface area contributed by atoms with Crippen LogP contribution in [-0.2, 0) is 19.2 Å². The summed E-state index contributed by atoms with van der Waals surface area (Å²) in [6.07, 6.45) is 0.262. The van der Waals surface area contributed by atoms with E-state index in [-0.39, 0.29) is 12.3 Å². The van der Waals surface area contributed by atoms with Gasteiger partial charge in [-0.2, -0.15) is 0 Å². The topological polar surface area (TPSA) is 191 Å². The summed E-state index contributed by atoms with van der Waals surface area (Å²) in [4.78, 5) is 46.9. The van der Waals surface area contributed by atoms with Gasteiger partial charge in [-0.15, -0.1) is 0 Å². The van der Waals surface area contributed by atoms with Crippen LogP contribution in [-0.4, -0.2) is 76.4 Å². The predicted molar refractivity (Wildman–Crippen MR) is 90.7 cm³/mol. The van der Waals surface area contributed by atoms with Gasteiger partial charge >= 0.3 is 5.97 Å². The summed E-state index contributed by atoms with van der Waals surface area (Å²) in [5.41, 5.74) is 5.41. The minimum atomic E-state index is -1.49. The van der Waals surface area contributed by atoms with Crippen molar-refractivity contribution < 1.29 is 34.5 Å². The molecule has 0 spiro atoms. The van der Waals surface area contributed by atoms with Crippen LogP contribution in [0.2, 0.25) is 0 Å². The Morgan fingerprint density at radius 2 is 1.38 bits per heavy atom. The molecule has 4 atom stereocenters. The Kier molecular flexibility index (Phi) is 10.4. The molecule has 0 fully saturated rings. The van der Waals surface area contributed by atoms with Crippen LogP contribution >= 0.6 is 0 Å². The zero-order valence-corrected chi connectivity index (χ0v) is 15.1. The van der Waals surface area contributed by atoms with Crippen molar-refractivity contribution in [3.8, 4) is 0 Å². The number of rotatable bonds is 11. The van der Waals surface area contributed by atoms with Gasteiger partial charge < -0.3 is 37.0 Å². The number of carboxylic acids is 1. The lowest BCUT2D eigenvalue weighted by Crippen LogP contribution is -2.57. The lowest BCUT2D eigenvalue weighted by Gasteiger charge is -2.24. The first-order chi connectivity index (χ1) is 12.0. The van der Waals surface area contributed by atoms with Crippen molar-refractivity contribution in [3.05, 3.63) is 0 Å². The molecule has 11 nitrogen and oxygen atoms in total. The van der Waals surface area contributed by atoms with Crippen molar-refractivity contribution in [2.24, 2.45) is 11.7 Å². The summed E-state index contributed by atoms with van der Waals surface area (Å²) in [6.45, 7) is 3.60. The molecule has 0 saturated carbocycles. The number of hydrogen-bond acceptors (Lipinski definition) is 7. The molecule has 0 radical (unpaired) electrons. The van der Waals surface area contributed by atoms with E-state index in [1.807, 2.05) is 13.8 Å². The van der Waals surface area contributed by atoms with Crippen LogP contribution in [0.4, 0.5) is 0 Å². The molecule has 0 aromatic heterocycles. The molecular formula is C15H28N4O7. The molecular weight excluding hydrogens is 348 g/mol. The molecule has 3 amide bonds. The molecule has 8 N–H and O–H groups in total. The van der Waals surface area contributed by atoms with Gasteiger partial charge in [-0.25, -0.2) is 4.79 Å². The summed E-state index contributed by atoms with van der Waals surface area (Å²) >= 11 is 0. The van der Waals surface area contributed by atoms with E-state index in [0.29, 0.717) is 0 Å². The maximum Gasteiger partial charge on any atom is 0.328 e. The second-order valence-corrected chi connectivity index (χ2v) is 6.29. The Bertz CT molecular complexity index is 512. The lowest BCUT2D eigenvalue weighted by atomic mass is 10.0. The smallest absolute Gasteiger partial charge is 0.328 e. The maximum atomic E-state index is 12.4. The number of nitrogens with one attached hydrogen (secondary N) is 3. The summed E-state index contributed by atoms with van der Waals surface area (Å²) in [5, 5.41) is 33.5. The SMILES string of the molecule is CC(C)CC(NC(=O)C(N)CO)C(=O)NC(C)C(=O)NC(CO)C(=O)O. The van der Waals surface area contributed by atoms with Crippen molar-refractivity contribution in [2.75, 3.05) is 13.2 Å². The van der Waals surface area contributed by atoms with Crippen LogP contribution in [0.1, 0.15) is 27.2 Å². The Morgan fingerprint density at radius 1 is 0.846 bits per heavy atom. The largest absolute Gasteiger partial charge is 0.480 e. The van der Waals surface area contributed by atoms with Crippen molar-refractivity contribution >= 4 is 23.7 Å². The third-order valence-electron chi connectivity index (χ3n) is 3.42. The highest BCUT2D eigenvalue weighted by Crippen LogP contribution is 2.06. The van der Waals surface area contributed by atoms with Gasteiger partial charge in [0.25, 0.3) is 0 Å². The third kappa shape index (κ3) is 8.23. The van der Waals surface area contributed by atoms with Gasteiger partial charge in [0, 0.05) is 0 Å². The van der Waals surface area contributed by atoms with Crippen LogP contribution in [0.25, 0.3) is 0 Å². The second kappa shape index (κ2) is 11.4. The molecule has 0 aliphatic heterocycles. The number of hydrogen-bond donors (Lipinski definition) is 7. The van der Waals surface area contributed by atoms with Gasteiger partial charge in [0.2, 0.25) is 17.7 Å². The number of aliphatic hydroxyl groups excluding tert-OH is 2. The molecule has 0 aromatic rings. The zero-order chi connectivity index (χ0) is 20.4. The van der Waals surface area contributed by atoms with Gasteiger partial charge in [0.15, 0.2) is 0 Å². The summed E-state index contributed by atoms with van der Waals surface area (Å²) in [6, 6.07) is -4.76. The Balaban J connectivity index is 4.92. The number of nitrogens with two attached hydrogens (primary N) is 1. The highest BCUT2D eigenvalue weighted by Gasteiger charge is 2.28. The van der Waals surface area contributed by atoms with Crippen molar-refractivity contribution in [3.63, 3.8) is 0 Å². The van der Waals surface area contributed by atoms with Crippen LogP contribution in [0.3, 0.4) is 0 Å². The fourth-order valence-corrected chi connectivity index (χ4v) is 1.93. The molecule has 0 saturated heterocycles. The predicted octanol–water partition coefficient (Wildman–Crippen LogP) is -3.10. The number of amides is 3. The number of aliphatic hydroxyl groups is 2. The molecule has 0 bridgehead atoms. The van der Waals surface area contributed by atoms with Crippen LogP contribution in [0.5, 0.6) is 0 Å². The quantitative estimate of drug-likeness (QED) is 0.197. The molecule has 11 heteroatoms. The summed E-state index contributed by atoms with van der Waals surface area (Å²) < 4.78 is 0. The molecule has 26 heavy (non-hydrogen) atoms. The number of carbonyl (C=O) groups is 4. The first-order valence-electron chi connectivity index (χ1n) is 8.14. The van der Waals surface area contributed by atoms with Gasteiger partial charge in [-0.3, -0.25) is 14.4 Å². The van der Waals surface area contributed by atoms with Crippen molar-refractivity contribution in [1.82, 2.24) is 16.0 Å². The highest BCUT2D eigenvalue weighted by molar-refractivity contribution is 5.93. The first kappa shape index (κ1) is 23.8. The monoisotopic (exact) mass is 376 g/mol. The maximum absolute atomic E-state index is 12.4. The normalized spacial score (nSPS) is 15.5. The lowest BCUT2D eigenvalue weighted by molar-refractivity contribution is -0.143. The fourth-order valence-electron chi connectivity index (χ4n) is 1.93. The summed E-state index contributed by atoms with van der Waals surface area (Å²) in [5.74, 6) is -3.55. The van der Waals surface area contributed by atoms with Gasteiger partial charge in [-0.1, -0.05) is 13.8 Å². The van der Waals surface area contributed by atoms with Gasteiger partial charge in [0.1, 0.15) is 24.2 Å². The van der Waals surface area contributed by atoms with Crippen LogP contribution < -0.4 is 21.7 Å². The van der Waals surface area contributed by atoms with E-state index in [9.17, 15) is 19.2 Å². The Morgan fingerprint density at radius 3 is 1.81 bits per heavy atom. The van der Waals surface area contributed by atoms with Crippen molar-refractivity contribution in [1.29, 1.82) is 0 Å². The average Bonchev–Trinajstić information content (AvgIpc) is 2.56. The van der Waals surface area contributed by atoms with E-state index in [1.54, 1.807) is 0 Å². The Hall–Kier alpha value is -2.24. The standard InChI is InChI=1S/C15H28N4O7/c1-7(2)4-10(18-13(23)9(16)5-20)14(24)17-8(3)12(22)19-11(6-21)15(25)26/h7-11,20-21H,4-6,16H2,1-3H3,(H,17,24)(H,18,23)(H,19,22)(H,25,26). The molecule has 0 aliphatic rings. The van der Waals surface area contributed by atoms with E-state index in [1.165, 1.54) is 6.92 Å². The van der Waals surface area contributed by atoms with Gasteiger partial charge in [-0.05, 0) is 19.3 Å². The summed E-state index contributed by atoms with van der Waals surface area (Å²) in [7, 11) is 0. The van der Waals surface area contributed by atoms with E-state index >= 15 is 0 Å². The van der Waals surface area contributed by atoms with Crippen molar-refractivity contribution in [2.45, 2.75) is 51.4 Å². The van der Waals surface area contributed by atoms with E-state index in [4.69, 9.17) is 21.1 Å².